The Balaban J connectivity index is 2.02. The molecule has 1 amide bonds. The lowest BCUT2D eigenvalue weighted by atomic mass is 9.79. The molecule has 0 saturated carbocycles. The zero-order chi connectivity index (χ0) is 14.0. The molecule has 0 aromatic carbocycles. The normalized spacial score (nSPS) is 19.5. The van der Waals surface area contributed by atoms with Crippen LogP contribution in [-0.2, 0) is 0 Å². The van der Waals surface area contributed by atoms with Gasteiger partial charge in [0, 0.05) is 18.5 Å². The summed E-state index contributed by atoms with van der Waals surface area (Å²) < 4.78 is 5.15. The summed E-state index contributed by atoms with van der Waals surface area (Å²) in [5, 5.41) is 11.9. The Morgan fingerprint density at radius 2 is 2.16 bits per heavy atom. The number of nitrogens with zero attached hydrogens (tertiary/aromatic N) is 2. The molecule has 1 saturated heterocycles. The quantitative estimate of drug-likeness (QED) is 0.367. The van der Waals surface area contributed by atoms with Crippen molar-refractivity contribution in [2.75, 3.05) is 13.1 Å². The summed E-state index contributed by atoms with van der Waals surface area (Å²) in [6.45, 7) is 4.94. The first-order valence-corrected chi connectivity index (χ1v) is 6.29. The number of hydrogen-bond donors (Lipinski definition) is 2. The third kappa shape index (κ3) is 2.57. The van der Waals surface area contributed by atoms with E-state index < -0.39 is 0 Å². The Kier molecular flexibility index (Phi) is 3.50. The Morgan fingerprint density at radius 1 is 1.53 bits per heavy atom. The number of carbonyl (C=O) groups excluding carboxylic acids is 1. The monoisotopic (exact) mass is 265 g/mol. The summed E-state index contributed by atoms with van der Waals surface area (Å²) in [4.78, 5) is 14.0. The molecule has 104 valence electrons. The molecule has 3 N–H and O–H groups in total. The molecular formula is C13H19N3O3. The average molecular weight is 265 g/mol. The second kappa shape index (κ2) is 4.95. The largest absolute Gasteiger partial charge is 0.469 e. The van der Waals surface area contributed by atoms with E-state index in [1.54, 1.807) is 11.0 Å². The molecular weight excluding hydrogens is 246 g/mol. The van der Waals surface area contributed by atoms with E-state index in [1.807, 2.05) is 13.8 Å². The number of rotatable bonds is 2. The van der Waals surface area contributed by atoms with Crippen LogP contribution >= 0.6 is 0 Å². The maximum atomic E-state index is 12.2. The van der Waals surface area contributed by atoms with Crippen molar-refractivity contribution in [3.05, 3.63) is 23.7 Å². The Morgan fingerprint density at radius 3 is 2.63 bits per heavy atom. The van der Waals surface area contributed by atoms with E-state index in [1.165, 1.54) is 6.26 Å². The van der Waals surface area contributed by atoms with Crippen LogP contribution in [0.15, 0.2) is 21.9 Å². The van der Waals surface area contributed by atoms with E-state index in [-0.39, 0.29) is 17.2 Å². The third-order valence-electron chi connectivity index (χ3n) is 3.86. The molecule has 6 heteroatoms. The second-order valence-electron chi connectivity index (χ2n) is 5.28. The maximum absolute atomic E-state index is 12.2. The average Bonchev–Trinajstić information content (AvgIpc) is 2.84. The van der Waals surface area contributed by atoms with Crippen LogP contribution in [-0.4, -0.2) is 34.9 Å². The summed E-state index contributed by atoms with van der Waals surface area (Å²) >= 11 is 0. The number of piperidine rings is 1. The molecule has 0 radical (unpaired) electrons. The number of likely N-dealkylation sites (tertiary alicyclic amines) is 1. The number of amides is 1. The second-order valence-corrected chi connectivity index (χ2v) is 5.28. The number of oxime groups is 1. The van der Waals surface area contributed by atoms with Gasteiger partial charge in [-0.3, -0.25) is 4.79 Å². The van der Waals surface area contributed by atoms with E-state index >= 15 is 0 Å². The number of nitrogens with two attached hydrogens (primary N) is 1. The molecule has 1 aromatic heterocycles. The molecule has 6 nitrogen and oxygen atoms in total. The first-order chi connectivity index (χ1) is 8.96. The van der Waals surface area contributed by atoms with E-state index in [9.17, 15) is 4.79 Å². The van der Waals surface area contributed by atoms with E-state index in [0.29, 0.717) is 31.5 Å². The highest BCUT2D eigenvalue weighted by atomic mass is 16.4. The summed E-state index contributed by atoms with van der Waals surface area (Å²) in [7, 11) is 0. The molecule has 1 aromatic rings. The first kappa shape index (κ1) is 13.5. The Labute approximate surface area is 111 Å². The van der Waals surface area contributed by atoms with E-state index in [4.69, 9.17) is 15.4 Å². The molecule has 0 unspecified atom stereocenters. The topological polar surface area (TPSA) is 92.1 Å². The van der Waals surface area contributed by atoms with Crippen molar-refractivity contribution in [3.63, 3.8) is 0 Å². The van der Waals surface area contributed by atoms with Crippen LogP contribution < -0.4 is 5.73 Å². The van der Waals surface area contributed by atoms with E-state index in [0.717, 1.165) is 5.76 Å². The van der Waals surface area contributed by atoms with Gasteiger partial charge in [0.25, 0.3) is 5.91 Å². The molecule has 1 aliphatic rings. The molecule has 0 aliphatic carbocycles. The summed E-state index contributed by atoms with van der Waals surface area (Å²) in [5.41, 5.74) is 5.94. The highest BCUT2D eigenvalue weighted by molar-refractivity contribution is 5.94. The first-order valence-electron chi connectivity index (χ1n) is 6.29. The van der Waals surface area contributed by atoms with Crippen molar-refractivity contribution in [2.45, 2.75) is 26.7 Å². The third-order valence-corrected chi connectivity index (χ3v) is 3.86. The summed E-state index contributed by atoms with van der Waals surface area (Å²) in [5.74, 6) is 0.930. The number of aryl methyl sites for hydroxylation is 1. The van der Waals surface area contributed by atoms with Crippen molar-refractivity contribution < 1.29 is 14.4 Å². The maximum Gasteiger partial charge on any atom is 0.257 e. The van der Waals surface area contributed by atoms with Crippen LogP contribution in [0.2, 0.25) is 0 Å². The Bertz CT molecular complexity index is 499. The van der Waals surface area contributed by atoms with Gasteiger partial charge in [0.2, 0.25) is 0 Å². The van der Waals surface area contributed by atoms with Gasteiger partial charge in [-0.15, -0.1) is 0 Å². The fraction of sp³-hybridized carbons (Fsp3) is 0.538. The van der Waals surface area contributed by atoms with Crippen LogP contribution in [0.25, 0.3) is 0 Å². The SMILES string of the molecule is Cc1cc(C(=O)N2CCC(C)(C(N)=NO)CC2)co1. The number of furan rings is 1. The van der Waals surface area contributed by atoms with Crippen LogP contribution in [0.5, 0.6) is 0 Å². The van der Waals surface area contributed by atoms with Crippen molar-refractivity contribution in [1.82, 2.24) is 4.90 Å². The zero-order valence-corrected chi connectivity index (χ0v) is 11.2. The van der Waals surface area contributed by atoms with E-state index in [2.05, 4.69) is 5.16 Å². The van der Waals surface area contributed by atoms with Crippen molar-refractivity contribution in [3.8, 4) is 0 Å². The van der Waals surface area contributed by atoms with Gasteiger partial charge in [-0.05, 0) is 25.8 Å². The smallest absolute Gasteiger partial charge is 0.257 e. The van der Waals surface area contributed by atoms with Crippen molar-refractivity contribution in [1.29, 1.82) is 0 Å². The van der Waals surface area contributed by atoms with Crippen molar-refractivity contribution in [2.24, 2.45) is 16.3 Å². The fourth-order valence-electron chi connectivity index (χ4n) is 2.32. The highest BCUT2D eigenvalue weighted by Crippen LogP contribution is 2.31. The predicted octanol–water partition coefficient (Wildman–Crippen LogP) is 1.58. The summed E-state index contributed by atoms with van der Waals surface area (Å²) in [6.07, 6.45) is 2.85. The molecule has 0 spiro atoms. The van der Waals surface area contributed by atoms with Gasteiger partial charge in [-0.2, -0.15) is 0 Å². The minimum atomic E-state index is -0.335. The van der Waals surface area contributed by atoms with Gasteiger partial charge >= 0.3 is 0 Å². The molecule has 0 atom stereocenters. The predicted molar refractivity (Wildman–Crippen MR) is 70.1 cm³/mol. The van der Waals surface area contributed by atoms with Gasteiger partial charge in [0.05, 0.1) is 5.56 Å². The molecule has 2 heterocycles. The van der Waals surface area contributed by atoms with Gasteiger partial charge in [-0.1, -0.05) is 12.1 Å². The van der Waals surface area contributed by atoms with Crippen LogP contribution in [0.1, 0.15) is 35.9 Å². The number of hydrogen-bond acceptors (Lipinski definition) is 4. The van der Waals surface area contributed by atoms with Gasteiger partial charge in [0.1, 0.15) is 17.9 Å². The lowest BCUT2D eigenvalue weighted by Gasteiger charge is -2.38. The standard InChI is InChI=1S/C13H19N3O3/c1-9-7-10(8-19-9)11(17)16-5-3-13(2,4-6-16)12(14)15-18/h7-8,18H,3-6H2,1-2H3,(H2,14,15). The number of carbonyl (C=O) groups is 1. The summed E-state index contributed by atoms with van der Waals surface area (Å²) in [6, 6.07) is 1.74. The van der Waals surface area contributed by atoms with Crippen LogP contribution in [0.4, 0.5) is 0 Å². The molecule has 1 fully saturated rings. The number of amidine groups is 1. The van der Waals surface area contributed by atoms with Gasteiger partial charge in [0.15, 0.2) is 0 Å². The van der Waals surface area contributed by atoms with Gasteiger partial charge in [-0.25, -0.2) is 0 Å². The molecule has 1 aliphatic heterocycles. The Hall–Kier alpha value is -1.98. The minimum Gasteiger partial charge on any atom is -0.469 e. The molecule has 2 rings (SSSR count). The van der Waals surface area contributed by atoms with Crippen LogP contribution in [0.3, 0.4) is 0 Å². The molecule has 0 bridgehead atoms. The fourth-order valence-corrected chi connectivity index (χ4v) is 2.32. The lowest BCUT2D eigenvalue weighted by molar-refractivity contribution is 0.0666. The highest BCUT2D eigenvalue weighted by Gasteiger charge is 2.35. The van der Waals surface area contributed by atoms with Gasteiger partial charge < -0.3 is 20.3 Å². The minimum absolute atomic E-state index is 0.0293. The molecule has 19 heavy (non-hydrogen) atoms. The van der Waals surface area contributed by atoms with Crippen LogP contribution in [0, 0.1) is 12.3 Å². The van der Waals surface area contributed by atoms with Crippen molar-refractivity contribution >= 4 is 11.7 Å². The lowest BCUT2D eigenvalue weighted by Crippen LogP contribution is -2.47. The zero-order valence-electron chi connectivity index (χ0n) is 11.2.